The molecule has 2 aromatic heterocycles. The van der Waals surface area contributed by atoms with Crippen LogP contribution in [0.1, 0.15) is 103 Å². The van der Waals surface area contributed by atoms with E-state index in [0.29, 0.717) is 23.2 Å². The lowest BCUT2D eigenvalue weighted by atomic mass is 9.58. The number of benzene rings is 1. The number of hydrogen-bond acceptors (Lipinski definition) is 2. The van der Waals surface area contributed by atoms with Crippen LogP contribution < -0.4 is 0 Å². The Bertz CT molecular complexity index is 744. The van der Waals surface area contributed by atoms with Crippen LogP contribution in [0.15, 0.2) is 16.5 Å². The molecule has 0 radical (unpaired) electrons. The lowest BCUT2D eigenvalue weighted by molar-refractivity contribution is -0.217. The van der Waals surface area contributed by atoms with Gasteiger partial charge in [0.25, 0.3) is 0 Å². The van der Waals surface area contributed by atoms with Crippen molar-refractivity contribution in [2.75, 3.05) is 6.61 Å². The second kappa shape index (κ2) is 6.79. The van der Waals surface area contributed by atoms with Crippen LogP contribution in [0, 0.1) is 17.3 Å². The maximum atomic E-state index is 6.48. The van der Waals surface area contributed by atoms with Gasteiger partial charge in [0.2, 0.25) is 0 Å². The fourth-order valence-corrected chi connectivity index (χ4v) is 5.81. The molecule has 5 rings (SSSR count). The van der Waals surface area contributed by atoms with Crippen molar-refractivity contribution in [2.24, 2.45) is 17.3 Å². The number of ether oxygens (including phenoxy) is 1. The Hall–Kier alpha value is -1.02. The van der Waals surface area contributed by atoms with E-state index < -0.39 is 0 Å². The van der Waals surface area contributed by atoms with Gasteiger partial charge in [0.15, 0.2) is 0 Å². The maximum absolute atomic E-state index is 6.48. The van der Waals surface area contributed by atoms with E-state index in [0.717, 1.165) is 23.7 Å². The fourth-order valence-electron chi connectivity index (χ4n) is 5.81. The predicted molar refractivity (Wildman–Crippen MR) is 113 cm³/mol. The monoisotopic (exact) mass is 370 g/mol. The molecule has 0 aromatic carbocycles. The number of rotatable bonds is 7. The molecule has 3 aliphatic rings. The molecule has 0 spiro atoms. The third-order valence-corrected chi connectivity index (χ3v) is 8.38. The molecule has 4 heterocycles. The van der Waals surface area contributed by atoms with E-state index in [-0.39, 0.29) is 5.60 Å². The molecule has 1 saturated carbocycles. The van der Waals surface area contributed by atoms with Gasteiger partial charge < -0.3 is 9.15 Å². The summed E-state index contributed by atoms with van der Waals surface area (Å²) >= 11 is 0. The van der Waals surface area contributed by atoms with Gasteiger partial charge in [-0.1, -0.05) is 41.5 Å². The van der Waals surface area contributed by atoms with Gasteiger partial charge >= 0.3 is 0 Å². The first-order chi connectivity index (χ1) is 12.8. The molecule has 2 saturated heterocycles. The summed E-state index contributed by atoms with van der Waals surface area (Å²) in [6.45, 7) is 15.0. The van der Waals surface area contributed by atoms with Crippen LogP contribution in [0.5, 0.6) is 0 Å². The topological polar surface area (TPSA) is 22.4 Å². The zero-order valence-electron chi connectivity index (χ0n) is 18.2. The third kappa shape index (κ3) is 3.12. The van der Waals surface area contributed by atoms with Crippen molar-refractivity contribution in [1.82, 2.24) is 0 Å². The summed E-state index contributed by atoms with van der Waals surface area (Å²) in [6.07, 6.45) is 7.80. The molecule has 2 unspecified atom stereocenters. The minimum absolute atomic E-state index is 0.189. The molecule has 2 nitrogen and oxygen atoms in total. The standard InChI is InChI=1S/C25H38O2/c1-16(2)20-13-23-21(14-22(20)27-23)18(5)7-8-19(6)24-9-11-25(12-10-24,17(3)4)26-15-24/h13-14,16-19H,7-12,15H2,1-6H3. The van der Waals surface area contributed by atoms with Crippen molar-refractivity contribution >= 4 is 11.2 Å². The Morgan fingerprint density at radius 1 is 0.852 bits per heavy atom. The normalized spacial score (nSPS) is 30.7. The Balaban J connectivity index is 1.37. The van der Waals surface area contributed by atoms with Gasteiger partial charge in [0.1, 0.15) is 11.2 Å². The Kier molecular flexibility index (Phi) is 4.86. The summed E-state index contributed by atoms with van der Waals surface area (Å²) in [7, 11) is 0. The Morgan fingerprint density at radius 2 is 1.48 bits per heavy atom. The smallest absolute Gasteiger partial charge is 0.131 e. The lowest BCUT2D eigenvalue weighted by Gasteiger charge is -2.57. The average Bonchev–Trinajstić information content (AvgIpc) is 3.28. The van der Waals surface area contributed by atoms with E-state index in [9.17, 15) is 0 Å². The summed E-state index contributed by atoms with van der Waals surface area (Å²) in [5.41, 5.74) is 5.63. The molecule has 2 aliphatic heterocycles. The van der Waals surface area contributed by atoms with E-state index in [1.165, 1.54) is 49.7 Å². The second-order valence-corrected chi connectivity index (χ2v) is 10.4. The van der Waals surface area contributed by atoms with Crippen molar-refractivity contribution in [3.63, 3.8) is 0 Å². The van der Waals surface area contributed by atoms with Crippen molar-refractivity contribution in [1.29, 1.82) is 0 Å². The van der Waals surface area contributed by atoms with Gasteiger partial charge in [0, 0.05) is 11.1 Å². The van der Waals surface area contributed by atoms with Crippen molar-refractivity contribution in [2.45, 2.75) is 97.5 Å². The van der Waals surface area contributed by atoms with Crippen LogP contribution in [-0.2, 0) is 4.74 Å². The minimum atomic E-state index is 0.189. The van der Waals surface area contributed by atoms with E-state index in [4.69, 9.17) is 9.15 Å². The van der Waals surface area contributed by atoms with Crippen LogP contribution in [0.2, 0.25) is 0 Å². The molecule has 0 N–H and O–H groups in total. The first kappa shape index (κ1) is 19.3. The number of furan rings is 2. The van der Waals surface area contributed by atoms with Gasteiger partial charge in [-0.2, -0.15) is 0 Å². The van der Waals surface area contributed by atoms with Crippen LogP contribution in [0.3, 0.4) is 0 Å². The molecule has 0 amide bonds. The zero-order valence-corrected chi connectivity index (χ0v) is 18.2. The van der Waals surface area contributed by atoms with Crippen LogP contribution in [-0.4, -0.2) is 12.2 Å². The zero-order chi connectivity index (χ0) is 19.4. The van der Waals surface area contributed by atoms with E-state index in [1.54, 1.807) is 0 Å². The largest absolute Gasteiger partial charge is 0.457 e. The van der Waals surface area contributed by atoms with Crippen molar-refractivity contribution in [3.8, 4) is 0 Å². The summed E-state index contributed by atoms with van der Waals surface area (Å²) in [5.74, 6) is 2.50. The van der Waals surface area contributed by atoms with E-state index in [2.05, 4.69) is 53.7 Å². The quantitative estimate of drug-likeness (QED) is 0.503. The van der Waals surface area contributed by atoms with Gasteiger partial charge in [0.05, 0.1) is 12.2 Å². The average molecular weight is 371 g/mol. The van der Waals surface area contributed by atoms with Crippen molar-refractivity contribution in [3.05, 3.63) is 23.3 Å². The van der Waals surface area contributed by atoms with Crippen LogP contribution in [0.25, 0.3) is 11.2 Å². The minimum Gasteiger partial charge on any atom is -0.457 e. The molecule has 2 heteroatoms. The molecule has 150 valence electrons. The summed E-state index contributed by atoms with van der Waals surface area (Å²) in [6, 6.07) is 4.58. The summed E-state index contributed by atoms with van der Waals surface area (Å²) in [5, 5.41) is 0. The highest BCUT2D eigenvalue weighted by atomic mass is 16.5. The first-order valence-corrected chi connectivity index (χ1v) is 11.3. The lowest BCUT2D eigenvalue weighted by Crippen LogP contribution is -2.55. The van der Waals surface area contributed by atoms with Gasteiger partial charge in [-0.25, -0.2) is 0 Å². The molecular weight excluding hydrogens is 332 g/mol. The molecule has 27 heavy (non-hydrogen) atoms. The van der Waals surface area contributed by atoms with Crippen LogP contribution >= 0.6 is 0 Å². The highest BCUT2D eigenvalue weighted by molar-refractivity contribution is 5.72. The number of fused-ring (bicyclic) bond motifs is 5. The summed E-state index contributed by atoms with van der Waals surface area (Å²) < 4.78 is 12.5. The molecule has 2 aromatic rings. The molecule has 4 bridgehead atoms. The fraction of sp³-hybridized carbons (Fsp3) is 0.760. The first-order valence-electron chi connectivity index (χ1n) is 11.3. The van der Waals surface area contributed by atoms with E-state index in [1.807, 2.05) is 0 Å². The van der Waals surface area contributed by atoms with Gasteiger partial charge in [-0.3, -0.25) is 0 Å². The molecule has 2 atom stereocenters. The van der Waals surface area contributed by atoms with Gasteiger partial charge in [-0.05, 0) is 79.7 Å². The predicted octanol–water partition coefficient (Wildman–Crippen LogP) is 7.50. The Labute approximate surface area is 165 Å². The van der Waals surface area contributed by atoms with E-state index >= 15 is 0 Å². The molecule has 1 aliphatic carbocycles. The maximum Gasteiger partial charge on any atom is 0.131 e. The molecule has 3 fully saturated rings. The third-order valence-electron chi connectivity index (χ3n) is 8.38. The second-order valence-electron chi connectivity index (χ2n) is 10.4. The highest BCUT2D eigenvalue weighted by Crippen LogP contribution is 2.56. The summed E-state index contributed by atoms with van der Waals surface area (Å²) in [4.78, 5) is 0. The SMILES string of the molecule is CC(C)c1cc2oc1cc2C(C)CCC(C)C12CCC(C(C)C)(CC1)OC2. The van der Waals surface area contributed by atoms with Gasteiger partial charge in [-0.15, -0.1) is 0 Å². The number of hydrogen-bond donors (Lipinski definition) is 0. The molecular formula is C25H38O2. The van der Waals surface area contributed by atoms with Crippen molar-refractivity contribution < 1.29 is 9.15 Å². The Morgan fingerprint density at radius 3 is 1.96 bits per heavy atom. The highest BCUT2D eigenvalue weighted by Gasteiger charge is 2.52. The van der Waals surface area contributed by atoms with Crippen LogP contribution in [0.4, 0.5) is 0 Å².